The van der Waals surface area contributed by atoms with Gasteiger partial charge in [-0.25, -0.2) is 17.8 Å². The number of hydrogen-bond acceptors (Lipinski definition) is 10. The van der Waals surface area contributed by atoms with Gasteiger partial charge in [0.1, 0.15) is 6.10 Å². The Bertz CT molecular complexity index is 1530. The maximum atomic E-state index is 14.2. The van der Waals surface area contributed by atoms with E-state index in [1.165, 1.54) is 18.2 Å². The molecule has 1 aliphatic carbocycles. The average Bonchev–Trinajstić information content (AvgIpc) is 3.82. The molecule has 1 saturated carbocycles. The highest BCUT2D eigenvalue weighted by atomic mass is 32.2. The number of fused-ring (bicyclic) bond motifs is 2. The Hall–Kier alpha value is -2.79. The van der Waals surface area contributed by atoms with Crippen LogP contribution in [0.15, 0.2) is 53.4 Å². The van der Waals surface area contributed by atoms with Crippen molar-refractivity contribution in [1.29, 1.82) is 0 Å². The number of sulfonamides is 1. The lowest BCUT2D eigenvalue weighted by atomic mass is 9.93. The van der Waals surface area contributed by atoms with Gasteiger partial charge in [0.15, 0.2) is 17.8 Å². The fraction of sp³-hybridized carbons (Fsp3) is 0.552. The summed E-state index contributed by atoms with van der Waals surface area (Å²) in [5, 5.41) is 10.6. The van der Waals surface area contributed by atoms with Crippen molar-refractivity contribution >= 4 is 23.9 Å². The minimum atomic E-state index is -5.32. The van der Waals surface area contributed by atoms with Gasteiger partial charge >= 0.3 is 13.9 Å². The topological polar surface area (TPSA) is 191 Å². The lowest BCUT2D eigenvalue weighted by molar-refractivity contribution is -0.147. The summed E-state index contributed by atoms with van der Waals surface area (Å²) in [5.74, 6) is 0.227. The summed E-state index contributed by atoms with van der Waals surface area (Å²) >= 11 is 0. The van der Waals surface area contributed by atoms with Gasteiger partial charge in [-0.1, -0.05) is 47.6 Å². The standard InChI is InChI=1S/C29H37N2O13PS/c32-29(33)31(24-17-40-28-22(24)12-13-39-28)23(14-19-6-2-1-3-7-19)27(44-45(34,35)36)16-30(43-20-8-4-5-9-20)46(37,38)21-10-11-25-26(15-21)42-18-41-25/h1-3,6-7,10-11,15,20,22-24,27-28H,4-5,8-9,12-14,16-18H2,(H,32,33)(H2,34,35,36)/t22-,23-,24-,27-,28+/m0/s1. The summed E-state index contributed by atoms with van der Waals surface area (Å²) in [6, 6.07) is 10.7. The molecule has 0 unspecified atom stereocenters. The molecule has 2 saturated heterocycles. The summed E-state index contributed by atoms with van der Waals surface area (Å²) in [7, 11) is -9.83. The largest absolute Gasteiger partial charge is 0.469 e. The lowest BCUT2D eigenvalue weighted by Crippen LogP contribution is -2.58. The molecular formula is C29H37N2O13PS. The van der Waals surface area contributed by atoms with Crippen LogP contribution in [0, 0.1) is 5.92 Å². The number of nitrogens with zero attached hydrogens (tertiary/aromatic N) is 2. The number of rotatable bonds is 13. The molecule has 252 valence electrons. The van der Waals surface area contributed by atoms with Crippen LogP contribution in [-0.4, -0.2) is 95.9 Å². The molecule has 0 bridgehead atoms. The molecular weight excluding hydrogens is 647 g/mol. The van der Waals surface area contributed by atoms with Crippen molar-refractivity contribution < 1.29 is 61.0 Å². The van der Waals surface area contributed by atoms with E-state index in [1.807, 2.05) is 0 Å². The summed E-state index contributed by atoms with van der Waals surface area (Å²) in [4.78, 5) is 40.2. The molecule has 15 nitrogen and oxygen atoms in total. The van der Waals surface area contributed by atoms with Crippen LogP contribution in [0.4, 0.5) is 4.79 Å². The number of amides is 1. The molecule has 5 atom stereocenters. The Balaban J connectivity index is 1.41. The molecule has 0 aromatic heterocycles. The number of carbonyl (C=O) groups is 1. The van der Waals surface area contributed by atoms with Crippen molar-refractivity contribution in [3.63, 3.8) is 0 Å². The molecule has 2 aromatic rings. The van der Waals surface area contributed by atoms with E-state index in [1.54, 1.807) is 30.3 Å². The van der Waals surface area contributed by atoms with Crippen molar-refractivity contribution in [3.05, 3.63) is 54.1 Å². The van der Waals surface area contributed by atoms with E-state index in [2.05, 4.69) is 0 Å². The number of benzene rings is 2. The van der Waals surface area contributed by atoms with Gasteiger partial charge < -0.3 is 33.8 Å². The van der Waals surface area contributed by atoms with Gasteiger partial charge in [0.25, 0.3) is 10.0 Å². The molecule has 0 spiro atoms. The third-order valence-corrected chi connectivity index (χ3v) is 10.9. The van der Waals surface area contributed by atoms with Crippen molar-refractivity contribution in [2.24, 2.45) is 5.92 Å². The summed E-state index contributed by atoms with van der Waals surface area (Å²) in [6.07, 6.45) is -1.01. The molecule has 3 fully saturated rings. The van der Waals surface area contributed by atoms with Crippen LogP contribution in [0.5, 0.6) is 11.5 Å². The van der Waals surface area contributed by atoms with E-state index in [9.17, 15) is 32.7 Å². The van der Waals surface area contributed by atoms with Gasteiger partial charge in [-0.2, -0.15) is 0 Å². The highest BCUT2D eigenvalue weighted by molar-refractivity contribution is 7.89. The second-order valence-corrected chi connectivity index (χ2v) is 14.7. The van der Waals surface area contributed by atoms with Crippen molar-refractivity contribution in [1.82, 2.24) is 9.37 Å². The number of hydroxylamine groups is 1. The molecule has 1 amide bonds. The second-order valence-electron chi connectivity index (χ2n) is 11.7. The number of ether oxygens (including phenoxy) is 4. The summed E-state index contributed by atoms with van der Waals surface area (Å²) in [5.41, 5.74) is 0.637. The highest BCUT2D eigenvalue weighted by Gasteiger charge is 2.50. The van der Waals surface area contributed by atoms with Crippen LogP contribution >= 0.6 is 7.82 Å². The predicted octanol–water partition coefficient (Wildman–Crippen LogP) is 3.11. The van der Waals surface area contributed by atoms with Crippen LogP contribution in [-0.2, 0) is 39.8 Å². The van der Waals surface area contributed by atoms with Gasteiger partial charge in [0.2, 0.25) is 6.79 Å². The van der Waals surface area contributed by atoms with E-state index < -0.39 is 61.1 Å². The first kappa shape index (κ1) is 33.1. The quantitative estimate of drug-likeness (QED) is 0.206. The molecule has 3 N–H and O–H groups in total. The molecule has 3 aliphatic heterocycles. The zero-order valence-corrected chi connectivity index (χ0v) is 26.5. The predicted molar refractivity (Wildman–Crippen MR) is 158 cm³/mol. The Morgan fingerprint density at radius 1 is 1.02 bits per heavy atom. The second kappa shape index (κ2) is 13.7. The van der Waals surface area contributed by atoms with E-state index in [-0.39, 0.29) is 36.4 Å². The maximum absolute atomic E-state index is 14.2. The number of phosphoric ester groups is 1. The first-order chi connectivity index (χ1) is 22.0. The van der Waals surface area contributed by atoms with Gasteiger partial charge in [-0.05, 0) is 43.4 Å². The zero-order valence-electron chi connectivity index (χ0n) is 24.8. The first-order valence-corrected chi connectivity index (χ1v) is 18.1. The molecule has 2 aromatic carbocycles. The molecule has 17 heteroatoms. The smallest absolute Gasteiger partial charge is 0.465 e. The highest BCUT2D eigenvalue weighted by Crippen LogP contribution is 2.43. The third-order valence-electron chi connectivity index (χ3n) is 8.74. The Labute approximate surface area is 266 Å². The van der Waals surface area contributed by atoms with Gasteiger partial charge in [0.05, 0.1) is 42.8 Å². The minimum Gasteiger partial charge on any atom is -0.465 e. The Morgan fingerprint density at radius 3 is 2.48 bits per heavy atom. The van der Waals surface area contributed by atoms with Crippen molar-refractivity contribution in [2.75, 3.05) is 26.6 Å². The summed E-state index contributed by atoms with van der Waals surface area (Å²) < 4.78 is 69.0. The molecule has 4 aliphatic rings. The molecule has 46 heavy (non-hydrogen) atoms. The minimum absolute atomic E-state index is 0.0205. The van der Waals surface area contributed by atoms with Crippen LogP contribution in [0.25, 0.3) is 0 Å². The maximum Gasteiger partial charge on any atom is 0.469 e. The molecule has 3 heterocycles. The van der Waals surface area contributed by atoms with Crippen LogP contribution in [0.2, 0.25) is 0 Å². The number of hydrogen-bond donors (Lipinski definition) is 3. The normalized spacial score (nSPS) is 24.3. The Kier molecular flexibility index (Phi) is 9.90. The lowest BCUT2D eigenvalue weighted by Gasteiger charge is -2.41. The zero-order chi connectivity index (χ0) is 32.5. The van der Waals surface area contributed by atoms with E-state index in [0.29, 0.717) is 41.7 Å². The molecule has 0 radical (unpaired) electrons. The number of phosphoric acid groups is 1. The fourth-order valence-electron chi connectivity index (χ4n) is 6.58. The van der Waals surface area contributed by atoms with E-state index in [0.717, 1.165) is 17.7 Å². The van der Waals surface area contributed by atoms with Gasteiger partial charge in [0, 0.05) is 12.0 Å². The monoisotopic (exact) mass is 684 g/mol. The number of carboxylic acid groups (broad SMARTS) is 1. The van der Waals surface area contributed by atoms with Crippen LogP contribution in [0.3, 0.4) is 0 Å². The average molecular weight is 685 g/mol. The Morgan fingerprint density at radius 2 is 1.76 bits per heavy atom. The van der Waals surface area contributed by atoms with Gasteiger partial charge in [-0.3, -0.25) is 14.3 Å². The van der Waals surface area contributed by atoms with E-state index >= 15 is 0 Å². The summed E-state index contributed by atoms with van der Waals surface area (Å²) in [6.45, 7) is -0.476. The van der Waals surface area contributed by atoms with E-state index in [4.69, 9.17) is 28.3 Å². The van der Waals surface area contributed by atoms with Gasteiger partial charge in [-0.15, -0.1) is 0 Å². The first-order valence-electron chi connectivity index (χ1n) is 15.1. The van der Waals surface area contributed by atoms with Crippen LogP contribution < -0.4 is 9.47 Å². The SMILES string of the molecule is O=C(O)N([C@H]1CO[C@H]2OCC[C@H]21)[C@@H](Cc1ccccc1)[C@H](CN(OC1CCCC1)S(=O)(=O)c1ccc2c(c1)OCO2)OP(=O)(O)O. The molecule has 6 rings (SSSR count). The van der Waals surface area contributed by atoms with Crippen LogP contribution in [0.1, 0.15) is 37.7 Å². The fourth-order valence-corrected chi connectivity index (χ4v) is 8.45. The van der Waals surface area contributed by atoms with Crippen molar-refractivity contribution in [2.45, 2.75) is 74.0 Å². The van der Waals surface area contributed by atoms with Crippen molar-refractivity contribution in [3.8, 4) is 11.5 Å². The third kappa shape index (κ3) is 7.35.